The van der Waals surface area contributed by atoms with E-state index in [1.165, 1.54) is 12.1 Å². The van der Waals surface area contributed by atoms with Crippen LogP contribution in [-0.4, -0.2) is 29.4 Å². The maximum absolute atomic E-state index is 11.8. The van der Waals surface area contributed by atoms with Crippen molar-refractivity contribution < 1.29 is 26.7 Å². The fourth-order valence-electron chi connectivity index (χ4n) is 1.33. The van der Waals surface area contributed by atoms with E-state index in [2.05, 4.69) is 0 Å². The van der Waals surface area contributed by atoms with E-state index in [1.54, 1.807) is 20.8 Å². The van der Waals surface area contributed by atoms with Gasteiger partial charge in [0.25, 0.3) is 0 Å². The first kappa shape index (κ1) is 16.8. The zero-order valence-electron chi connectivity index (χ0n) is 11.5. The fourth-order valence-corrected chi connectivity index (χ4v) is 3.33. The van der Waals surface area contributed by atoms with Crippen LogP contribution in [0.1, 0.15) is 20.8 Å². The highest BCUT2D eigenvalue weighted by Crippen LogP contribution is 2.31. The first-order valence-corrected chi connectivity index (χ1v) is 8.56. The minimum Gasteiger partial charge on any atom is -0.768 e. The fraction of sp³-hybridized carbons (Fsp3) is 0.417. The number of carbonyl (C=O) groups excluding carboxylic acids is 1. The van der Waals surface area contributed by atoms with Gasteiger partial charge in [0.15, 0.2) is 15.6 Å². The molecule has 0 N–H and O–H groups in total. The third-order valence-corrected chi connectivity index (χ3v) is 4.30. The Morgan fingerprint density at radius 2 is 1.85 bits per heavy atom. The molecule has 0 aliphatic carbocycles. The third-order valence-electron chi connectivity index (χ3n) is 2.31. The largest absolute Gasteiger partial charge is 0.768 e. The van der Waals surface area contributed by atoms with E-state index in [0.717, 1.165) is 12.3 Å². The summed E-state index contributed by atoms with van der Waals surface area (Å²) in [5.74, 6) is -0.939. The summed E-state index contributed by atoms with van der Waals surface area (Å²) >= 11 is -2.75. The van der Waals surface area contributed by atoms with Gasteiger partial charge < -0.3 is 9.29 Å². The summed E-state index contributed by atoms with van der Waals surface area (Å²) in [5.41, 5.74) is -0.846. The second-order valence-electron chi connectivity index (χ2n) is 5.23. The van der Waals surface area contributed by atoms with Crippen molar-refractivity contribution in [3.63, 3.8) is 0 Å². The maximum Gasteiger partial charge on any atom is 0.316 e. The van der Waals surface area contributed by atoms with Gasteiger partial charge in [0.1, 0.15) is 4.90 Å². The molecule has 0 bridgehead atoms. The molecule has 0 spiro atoms. The predicted octanol–water partition coefficient (Wildman–Crippen LogP) is 1.28. The van der Waals surface area contributed by atoms with Crippen molar-refractivity contribution in [3.05, 3.63) is 18.2 Å². The molecule has 112 valence electrons. The molecular formula is C12H15O6S2-. The Balaban J connectivity index is 3.46. The van der Waals surface area contributed by atoms with E-state index in [-0.39, 0.29) is 5.75 Å². The second-order valence-corrected chi connectivity index (χ2v) is 8.09. The monoisotopic (exact) mass is 319 g/mol. The van der Waals surface area contributed by atoms with Gasteiger partial charge >= 0.3 is 5.97 Å². The van der Waals surface area contributed by atoms with Crippen LogP contribution in [0.15, 0.2) is 28.0 Å². The predicted molar refractivity (Wildman–Crippen MR) is 71.8 cm³/mol. The zero-order valence-corrected chi connectivity index (χ0v) is 13.1. The number of esters is 1. The van der Waals surface area contributed by atoms with Gasteiger partial charge in [0.05, 0.1) is 5.41 Å². The van der Waals surface area contributed by atoms with Crippen LogP contribution in [0.25, 0.3) is 0 Å². The van der Waals surface area contributed by atoms with E-state index < -0.39 is 42.1 Å². The van der Waals surface area contributed by atoms with E-state index in [4.69, 9.17) is 4.74 Å². The number of rotatable bonds is 3. The topological polar surface area (TPSA) is 101 Å². The highest BCUT2D eigenvalue weighted by atomic mass is 32.2. The minimum atomic E-state index is -3.87. The van der Waals surface area contributed by atoms with E-state index >= 15 is 0 Å². The lowest BCUT2D eigenvalue weighted by Crippen LogP contribution is -2.26. The minimum absolute atomic E-state index is 0.283. The number of sulfone groups is 1. The van der Waals surface area contributed by atoms with Crippen LogP contribution in [0.2, 0.25) is 0 Å². The Labute approximate surface area is 120 Å². The highest BCUT2D eigenvalue weighted by Gasteiger charge is 2.27. The third kappa shape index (κ3) is 3.87. The number of ether oxygens (including phenoxy) is 1. The normalized spacial score (nSPS) is 13.8. The summed E-state index contributed by atoms with van der Waals surface area (Å²) in [6, 6.07) is 3.69. The molecule has 0 heterocycles. The molecule has 0 amide bonds. The number of benzene rings is 1. The van der Waals surface area contributed by atoms with Crippen LogP contribution in [0.5, 0.6) is 5.75 Å². The highest BCUT2D eigenvalue weighted by molar-refractivity contribution is 7.91. The molecule has 0 radical (unpaired) electrons. The quantitative estimate of drug-likeness (QED) is 0.472. The average molecular weight is 319 g/mol. The van der Waals surface area contributed by atoms with Crippen molar-refractivity contribution in [1.82, 2.24) is 0 Å². The molecule has 0 aromatic heterocycles. The van der Waals surface area contributed by atoms with Gasteiger partial charge in [-0.3, -0.25) is 9.00 Å². The number of carbonyl (C=O) groups is 1. The van der Waals surface area contributed by atoms with Gasteiger partial charge in [-0.2, -0.15) is 0 Å². The molecule has 0 saturated heterocycles. The first-order valence-electron chi connectivity index (χ1n) is 5.59. The number of hydrogen-bond acceptors (Lipinski definition) is 6. The molecule has 1 aromatic rings. The van der Waals surface area contributed by atoms with Gasteiger partial charge in [-0.05, 0) is 44.0 Å². The van der Waals surface area contributed by atoms with Crippen molar-refractivity contribution in [2.24, 2.45) is 5.41 Å². The molecule has 0 fully saturated rings. The van der Waals surface area contributed by atoms with Crippen LogP contribution < -0.4 is 4.74 Å². The lowest BCUT2D eigenvalue weighted by molar-refractivity contribution is -0.143. The van der Waals surface area contributed by atoms with Crippen LogP contribution in [0, 0.1) is 5.41 Å². The molecule has 6 nitrogen and oxygen atoms in total. The second kappa shape index (κ2) is 5.63. The summed E-state index contributed by atoms with van der Waals surface area (Å²) in [5, 5.41) is 0. The Hall–Kier alpha value is -1.25. The lowest BCUT2D eigenvalue weighted by atomic mass is 9.97. The summed E-state index contributed by atoms with van der Waals surface area (Å²) in [7, 11) is -3.87. The SMILES string of the molecule is CC(C)(C)C(=O)Oc1cccc(S(=O)[O-])c1S(C)(=O)=O. The molecule has 8 heteroatoms. The van der Waals surface area contributed by atoms with Crippen molar-refractivity contribution >= 4 is 26.9 Å². The summed E-state index contributed by atoms with van der Waals surface area (Å²) < 4.78 is 50.7. The van der Waals surface area contributed by atoms with E-state index in [0.29, 0.717) is 0 Å². The van der Waals surface area contributed by atoms with Crippen LogP contribution in [0.4, 0.5) is 0 Å². The Kier molecular flexibility index (Phi) is 4.73. The average Bonchev–Trinajstić information content (AvgIpc) is 2.25. The zero-order chi connectivity index (χ0) is 15.7. The van der Waals surface area contributed by atoms with Gasteiger partial charge in [0.2, 0.25) is 0 Å². The van der Waals surface area contributed by atoms with Crippen LogP contribution in [-0.2, 0) is 25.7 Å². The van der Waals surface area contributed by atoms with Gasteiger partial charge in [-0.1, -0.05) is 6.07 Å². The number of hydrogen-bond donors (Lipinski definition) is 0. The maximum atomic E-state index is 11.8. The molecule has 0 saturated carbocycles. The molecule has 0 aliphatic heterocycles. The van der Waals surface area contributed by atoms with Crippen LogP contribution >= 0.6 is 0 Å². The first-order chi connectivity index (χ1) is 8.94. The smallest absolute Gasteiger partial charge is 0.316 e. The lowest BCUT2D eigenvalue weighted by Gasteiger charge is -2.19. The summed E-state index contributed by atoms with van der Waals surface area (Å²) in [4.78, 5) is 10.9. The van der Waals surface area contributed by atoms with Gasteiger partial charge in [0, 0.05) is 11.2 Å². The van der Waals surface area contributed by atoms with Crippen molar-refractivity contribution in [2.45, 2.75) is 30.6 Å². The van der Waals surface area contributed by atoms with Crippen molar-refractivity contribution in [3.8, 4) is 5.75 Å². The molecule has 20 heavy (non-hydrogen) atoms. The molecular weight excluding hydrogens is 304 g/mol. The Bertz CT molecular complexity index is 655. The summed E-state index contributed by atoms with van der Waals surface area (Å²) in [6.45, 7) is 4.81. The van der Waals surface area contributed by atoms with Crippen molar-refractivity contribution in [1.29, 1.82) is 0 Å². The van der Waals surface area contributed by atoms with E-state index in [1.807, 2.05) is 0 Å². The Morgan fingerprint density at radius 3 is 2.25 bits per heavy atom. The van der Waals surface area contributed by atoms with Gasteiger partial charge in [-0.25, -0.2) is 8.42 Å². The van der Waals surface area contributed by atoms with Gasteiger partial charge in [-0.15, -0.1) is 0 Å². The molecule has 1 unspecified atom stereocenters. The molecule has 0 aliphatic rings. The molecule has 1 aromatic carbocycles. The Morgan fingerprint density at radius 1 is 1.30 bits per heavy atom. The summed E-state index contributed by atoms with van der Waals surface area (Å²) in [6.07, 6.45) is 0.854. The molecule has 1 atom stereocenters. The van der Waals surface area contributed by atoms with E-state index in [9.17, 15) is 22.0 Å². The standard InChI is InChI=1S/C12H16O6S2/c1-12(2,3)11(13)18-8-6-5-7-9(19(14)15)10(8)20(4,16)17/h5-7H,1-4H3,(H,14,15)/p-1. The molecule has 1 rings (SSSR count). The van der Waals surface area contributed by atoms with Crippen LogP contribution in [0.3, 0.4) is 0 Å². The van der Waals surface area contributed by atoms with Crippen molar-refractivity contribution in [2.75, 3.05) is 6.26 Å².